The van der Waals surface area contributed by atoms with Crippen molar-refractivity contribution in [3.05, 3.63) is 70.9 Å². The number of hydrogen-bond donors (Lipinski definition) is 0. The molecule has 3 aromatic rings. The molecule has 1 saturated carbocycles. The Labute approximate surface area is 201 Å². The maximum absolute atomic E-state index is 13.4. The smallest absolute Gasteiger partial charge is 0.416 e. The summed E-state index contributed by atoms with van der Waals surface area (Å²) in [4.78, 5) is 25.6. The van der Waals surface area contributed by atoms with Crippen LogP contribution in [0.2, 0.25) is 0 Å². The Morgan fingerprint density at radius 2 is 1.91 bits per heavy atom. The molecule has 4 rings (SSSR count). The fourth-order valence-corrected chi connectivity index (χ4v) is 3.85. The van der Waals surface area contributed by atoms with Crippen LogP contribution in [0, 0.1) is 5.92 Å². The van der Waals surface area contributed by atoms with Crippen LogP contribution in [0.25, 0.3) is 0 Å². The molecule has 1 amide bonds. The van der Waals surface area contributed by atoms with Crippen molar-refractivity contribution in [2.24, 2.45) is 18.0 Å². The molecule has 0 unspecified atom stereocenters. The number of ether oxygens (including phenoxy) is 1. The lowest BCUT2D eigenvalue weighted by molar-refractivity contribution is -0.137. The third kappa shape index (κ3) is 5.80. The summed E-state index contributed by atoms with van der Waals surface area (Å²) in [6.07, 6.45) is 2.05. The maximum atomic E-state index is 13.4. The average molecular weight is 488 g/mol. The van der Waals surface area contributed by atoms with E-state index in [0.29, 0.717) is 23.6 Å². The number of aromatic nitrogens is 4. The van der Waals surface area contributed by atoms with E-state index in [1.54, 1.807) is 0 Å². The maximum Gasteiger partial charge on any atom is 0.416 e. The van der Waals surface area contributed by atoms with Crippen molar-refractivity contribution >= 4 is 5.91 Å². The summed E-state index contributed by atoms with van der Waals surface area (Å²) in [7, 11) is 1.91. The Morgan fingerprint density at radius 3 is 2.51 bits per heavy atom. The van der Waals surface area contributed by atoms with Gasteiger partial charge >= 0.3 is 6.18 Å². The molecule has 0 N–H and O–H groups in total. The minimum atomic E-state index is -4.61. The number of carbonyl (C=O) groups is 1. The van der Waals surface area contributed by atoms with Gasteiger partial charge in [-0.05, 0) is 37.0 Å². The van der Waals surface area contributed by atoms with Crippen molar-refractivity contribution < 1.29 is 22.7 Å². The zero-order chi connectivity index (χ0) is 25.4. The molecule has 0 atom stereocenters. The van der Waals surface area contributed by atoms with Crippen LogP contribution in [-0.2, 0) is 31.8 Å². The Morgan fingerprint density at radius 1 is 1.17 bits per heavy atom. The first-order valence-corrected chi connectivity index (χ1v) is 11.4. The third-order valence-corrected chi connectivity index (χ3v) is 5.88. The minimum Gasteiger partial charge on any atom is -0.486 e. The fraction of sp³-hybridized carbons (Fsp3) is 0.440. The molecule has 0 saturated heterocycles. The predicted molar refractivity (Wildman–Crippen MR) is 123 cm³/mol. The topological polar surface area (TPSA) is 74.3 Å². The van der Waals surface area contributed by atoms with E-state index < -0.39 is 17.6 Å². The second-order valence-electron chi connectivity index (χ2n) is 9.80. The van der Waals surface area contributed by atoms with Crippen LogP contribution in [0.15, 0.2) is 47.8 Å². The van der Waals surface area contributed by atoms with Gasteiger partial charge < -0.3 is 4.74 Å². The SMILES string of the molecule is Cn1c(C(C)(C)C)c/c(=N\C(=O)c2cc(C(F)(F)F)ccc2OCc2cnccn2)n1CC1CC1. The second kappa shape index (κ2) is 9.31. The largest absolute Gasteiger partial charge is 0.486 e. The van der Waals surface area contributed by atoms with Gasteiger partial charge in [0.15, 0.2) is 5.49 Å². The van der Waals surface area contributed by atoms with Crippen LogP contribution in [-0.4, -0.2) is 25.2 Å². The highest BCUT2D eigenvalue weighted by Gasteiger charge is 2.32. The summed E-state index contributed by atoms with van der Waals surface area (Å²) >= 11 is 0. The van der Waals surface area contributed by atoms with Crippen molar-refractivity contribution in [2.45, 2.75) is 58.4 Å². The standard InChI is InChI=1S/C25H28F3N5O2/c1-24(2,3)21-12-22(33(32(21)4)14-16-5-6-16)31-23(34)19-11-17(25(26,27)28)7-8-20(19)35-15-18-13-29-9-10-30-18/h7-13,16H,5-6,14-15H2,1-4H3/b31-22+. The normalized spacial score (nSPS) is 14.9. The Kier molecular flexibility index (Phi) is 6.57. The average Bonchev–Trinajstić information content (AvgIpc) is 3.56. The summed E-state index contributed by atoms with van der Waals surface area (Å²) in [6.45, 7) is 6.81. The minimum absolute atomic E-state index is 0.00174. The molecular formula is C25H28F3N5O2. The number of hydrogen-bond acceptors (Lipinski definition) is 4. The van der Waals surface area contributed by atoms with E-state index in [1.807, 2.05) is 22.5 Å². The van der Waals surface area contributed by atoms with Crippen molar-refractivity contribution in [1.82, 2.24) is 19.3 Å². The van der Waals surface area contributed by atoms with Crippen LogP contribution in [0.5, 0.6) is 5.75 Å². The van der Waals surface area contributed by atoms with E-state index in [0.717, 1.165) is 36.7 Å². The van der Waals surface area contributed by atoms with Crippen LogP contribution >= 0.6 is 0 Å². The molecule has 2 aromatic heterocycles. The molecule has 186 valence electrons. The van der Waals surface area contributed by atoms with Crippen molar-refractivity contribution in [2.75, 3.05) is 0 Å². The second-order valence-corrected chi connectivity index (χ2v) is 9.80. The lowest BCUT2D eigenvalue weighted by Gasteiger charge is -2.20. The third-order valence-electron chi connectivity index (χ3n) is 5.88. The summed E-state index contributed by atoms with van der Waals surface area (Å²) in [5, 5.41) is 0. The van der Waals surface area contributed by atoms with E-state index in [1.165, 1.54) is 18.6 Å². The number of rotatable bonds is 6. The first kappa shape index (κ1) is 24.7. The monoisotopic (exact) mass is 487 g/mol. The first-order valence-electron chi connectivity index (χ1n) is 11.4. The predicted octanol–water partition coefficient (Wildman–Crippen LogP) is 4.66. The van der Waals surface area contributed by atoms with Gasteiger partial charge in [-0.1, -0.05) is 20.8 Å². The number of carbonyl (C=O) groups excluding carboxylic acids is 1. The summed E-state index contributed by atoms with van der Waals surface area (Å²) in [5.41, 5.74) is 0.431. The first-order chi connectivity index (χ1) is 16.4. The molecule has 7 nitrogen and oxygen atoms in total. The Balaban J connectivity index is 1.76. The van der Waals surface area contributed by atoms with Crippen molar-refractivity contribution in [1.29, 1.82) is 0 Å². The van der Waals surface area contributed by atoms with Gasteiger partial charge in [0.2, 0.25) is 0 Å². The quantitative estimate of drug-likeness (QED) is 0.507. The number of benzene rings is 1. The van der Waals surface area contributed by atoms with Crippen LogP contribution in [0.3, 0.4) is 0 Å². The summed E-state index contributed by atoms with van der Waals surface area (Å²) in [6, 6.07) is 4.65. The van der Waals surface area contributed by atoms with Gasteiger partial charge in [-0.15, -0.1) is 0 Å². The van der Waals surface area contributed by atoms with Crippen LogP contribution in [0.4, 0.5) is 13.2 Å². The molecule has 0 aliphatic heterocycles. The highest BCUT2D eigenvalue weighted by atomic mass is 19.4. The molecule has 1 aromatic carbocycles. The summed E-state index contributed by atoms with van der Waals surface area (Å²) in [5.74, 6) is -0.302. The van der Waals surface area contributed by atoms with Crippen molar-refractivity contribution in [3.8, 4) is 5.75 Å². The van der Waals surface area contributed by atoms with Gasteiger partial charge in [-0.3, -0.25) is 24.1 Å². The number of alkyl halides is 3. The molecule has 0 radical (unpaired) electrons. The van der Waals surface area contributed by atoms with Gasteiger partial charge in [-0.2, -0.15) is 18.2 Å². The zero-order valence-corrected chi connectivity index (χ0v) is 20.1. The number of halogens is 3. The van der Waals surface area contributed by atoms with E-state index in [-0.39, 0.29) is 23.3 Å². The van der Waals surface area contributed by atoms with Gasteiger partial charge in [0, 0.05) is 43.2 Å². The molecule has 1 fully saturated rings. The van der Waals surface area contributed by atoms with Gasteiger partial charge in [0.05, 0.1) is 23.0 Å². The lowest BCUT2D eigenvalue weighted by atomic mass is 9.92. The van der Waals surface area contributed by atoms with Crippen molar-refractivity contribution in [3.63, 3.8) is 0 Å². The highest BCUT2D eigenvalue weighted by Crippen LogP contribution is 2.33. The molecule has 1 aliphatic carbocycles. The molecule has 0 bridgehead atoms. The van der Waals surface area contributed by atoms with E-state index in [2.05, 4.69) is 35.7 Å². The van der Waals surface area contributed by atoms with Crippen LogP contribution in [0.1, 0.15) is 60.9 Å². The lowest BCUT2D eigenvalue weighted by Crippen LogP contribution is -2.26. The zero-order valence-electron chi connectivity index (χ0n) is 20.1. The van der Waals surface area contributed by atoms with Gasteiger partial charge in [0.25, 0.3) is 5.91 Å². The highest BCUT2D eigenvalue weighted by molar-refractivity contribution is 5.97. The van der Waals surface area contributed by atoms with Gasteiger partial charge in [0.1, 0.15) is 12.4 Å². The molecule has 1 aliphatic rings. The molecule has 2 heterocycles. The fourth-order valence-electron chi connectivity index (χ4n) is 3.85. The van der Waals surface area contributed by atoms with Crippen LogP contribution < -0.4 is 10.2 Å². The van der Waals surface area contributed by atoms with E-state index >= 15 is 0 Å². The summed E-state index contributed by atoms with van der Waals surface area (Å²) < 4.78 is 49.9. The van der Waals surface area contributed by atoms with E-state index in [9.17, 15) is 18.0 Å². The number of amides is 1. The molecule has 35 heavy (non-hydrogen) atoms. The van der Waals surface area contributed by atoms with Gasteiger partial charge in [-0.25, -0.2) is 0 Å². The molecule has 10 heteroatoms. The molecular weight excluding hydrogens is 459 g/mol. The Bertz CT molecular complexity index is 1280. The Hall–Kier alpha value is -3.43. The number of nitrogens with zero attached hydrogens (tertiary/aromatic N) is 5. The van der Waals surface area contributed by atoms with E-state index in [4.69, 9.17) is 4.74 Å². The molecule has 0 spiro atoms.